The number of imidazole rings is 1. The summed E-state index contributed by atoms with van der Waals surface area (Å²) in [6, 6.07) is 9.66. The summed E-state index contributed by atoms with van der Waals surface area (Å²) in [5, 5.41) is 14.1. The molecule has 0 bridgehead atoms. The average molecular weight is 523 g/mol. The Hall–Kier alpha value is -3.96. The first-order chi connectivity index (χ1) is 17.4. The van der Waals surface area contributed by atoms with Crippen LogP contribution < -0.4 is 5.32 Å². The number of alkyl halides is 3. The number of hydrogen-bond acceptors (Lipinski definition) is 6. The van der Waals surface area contributed by atoms with Crippen molar-refractivity contribution in [1.29, 1.82) is 0 Å². The van der Waals surface area contributed by atoms with Crippen LogP contribution in [0.2, 0.25) is 0 Å². The van der Waals surface area contributed by atoms with Crippen molar-refractivity contribution in [2.24, 2.45) is 0 Å². The summed E-state index contributed by atoms with van der Waals surface area (Å²) in [6.45, 7) is 5.09. The van der Waals surface area contributed by atoms with Crippen molar-refractivity contribution in [3.63, 3.8) is 0 Å². The van der Waals surface area contributed by atoms with E-state index in [9.17, 15) is 22.8 Å². The summed E-state index contributed by atoms with van der Waals surface area (Å²) >= 11 is 0. The number of rotatable bonds is 10. The summed E-state index contributed by atoms with van der Waals surface area (Å²) < 4.78 is 36.9. The van der Waals surface area contributed by atoms with Crippen LogP contribution in [0.15, 0.2) is 41.1 Å². The maximum atomic E-state index is 12.9. The maximum absolute atomic E-state index is 12.9. The normalized spacial score (nSPS) is 11.8. The Bertz CT molecular complexity index is 1170. The molecule has 0 saturated carbocycles. The number of aromatic amines is 1. The smallest absolute Gasteiger partial charge is 0.475 e. The van der Waals surface area contributed by atoms with E-state index >= 15 is 0 Å². The Balaban J connectivity index is 0.000000604. The molecular formula is C25H29F3N4O5. The van der Waals surface area contributed by atoms with Crippen molar-refractivity contribution in [3.8, 4) is 11.3 Å². The number of amides is 1. The molecule has 0 aliphatic carbocycles. The Morgan fingerprint density at radius 1 is 1.11 bits per heavy atom. The third-order valence-corrected chi connectivity index (χ3v) is 5.34. The van der Waals surface area contributed by atoms with Crippen LogP contribution in [0.1, 0.15) is 72.7 Å². The van der Waals surface area contributed by atoms with E-state index in [4.69, 9.17) is 14.4 Å². The van der Waals surface area contributed by atoms with Gasteiger partial charge < -0.3 is 24.7 Å². The van der Waals surface area contributed by atoms with E-state index in [2.05, 4.69) is 20.4 Å². The molecule has 0 saturated heterocycles. The van der Waals surface area contributed by atoms with Crippen molar-refractivity contribution in [3.05, 3.63) is 59.4 Å². The predicted molar refractivity (Wildman–Crippen MR) is 128 cm³/mol. The first-order valence-corrected chi connectivity index (χ1v) is 11.5. The van der Waals surface area contributed by atoms with Gasteiger partial charge in [0.05, 0.1) is 23.6 Å². The summed E-state index contributed by atoms with van der Waals surface area (Å²) in [5.74, 6) is -1.57. The molecule has 9 nitrogen and oxygen atoms in total. The number of Topliss-reactive ketones (excluding diaryl/α,β-unsaturated/α-hetero) is 1. The van der Waals surface area contributed by atoms with Gasteiger partial charge in [-0.2, -0.15) is 13.2 Å². The van der Waals surface area contributed by atoms with E-state index in [0.29, 0.717) is 29.3 Å². The number of carboxylic acid groups (broad SMARTS) is 1. The molecule has 3 rings (SSSR count). The lowest BCUT2D eigenvalue weighted by Gasteiger charge is -2.17. The molecule has 200 valence electrons. The second kappa shape index (κ2) is 13.4. The van der Waals surface area contributed by atoms with Crippen molar-refractivity contribution in [2.75, 3.05) is 0 Å². The molecule has 0 spiro atoms. The van der Waals surface area contributed by atoms with Crippen LogP contribution in [0, 0.1) is 13.8 Å². The van der Waals surface area contributed by atoms with Gasteiger partial charge in [-0.1, -0.05) is 48.3 Å². The van der Waals surface area contributed by atoms with Crippen LogP contribution in [0.25, 0.3) is 11.3 Å². The molecular weight excluding hydrogens is 493 g/mol. The third kappa shape index (κ3) is 9.21. The Morgan fingerprint density at radius 2 is 1.76 bits per heavy atom. The van der Waals surface area contributed by atoms with Gasteiger partial charge in [0.1, 0.15) is 22.9 Å². The van der Waals surface area contributed by atoms with Crippen molar-refractivity contribution in [2.45, 2.75) is 65.1 Å². The number of unbranched alkanes of at least 4 members (excludes halogenated alkanes) is 2. The highest BCUT2D eigenvalue weighted by Crippen LogP contribution is 2.24. The van der Waals surface area contributed by atoms with Crippen molar-refractivity contribution >= 4 is 17.7 Å². The summed E-state index contributed by atoms with van der Waals surface area (Å²) in [5.41, 5.74) is 2.97. The van der Waals surface area contributed by atoms with Crippen LogP contribution in [0.5, 0.6) is 0 Å². The fourth-order valence-corrected chi connectivity index (χ4v) is 3.49. The molecule has 2 aromatic heterocycles. The van der Waals surface area contributed by atoms with Crippen LogP contribution in [0.4, 0.5) is 13.2 Å². The molecule has 1 amide bonds. The molecule has 0 aliphatic rings. The zero-order valence-corrected chi connectivity index (χ0v) is 20.7. The van der Waals surface area contributed by atoms with Gasteiger partial charge in [-0.15, -0.1) is 0 Å². The number of benzene rings is 1. The van der Waals surface area contributed by atoms with Crippen LogP contribution in [-0.4, -0.2) is 44.1 Å². The van der Waals surface area contributed by atoms with E-state index < -0.39 is 12.1 Å². The topological polar surface area (TPSA) is 138 Å². The van der Waals surface area contributed by atoms with Gasteiger partial charge in [0.2, 0.25) is 0 Å². The zero-order valence-electron chi connectivity index (χ0n) is 20.7. The number of carbonyl (C=O) groups is 3. The number of nitrogens with zero attached hydrogens (tertiary/aromatic N) is 2. The molecule has 3 N–H and O–H groups in total. The van der Waals surface area contributed by atoms with E-state index in [1.807, 2.05) is 30.3 Å². The molecule has 1 aromatic carbocycles. The van der Waals surface area contributed by atoms with Gasteiger partial charge in [0, 0.05) is 6.42 Å². The highest BCUT2D eigenvalue weighted by atomic mass is 19.4. The average Bonchev–Trinajstić information content (AvgIpc) is 3.45. The Labute approximate surface area is 211 Å². The number of carboxylic acids is 1. The summed E-state index contributed by atoms with van der Waals surface area (Å²) in [4.78, 5) is 40.8. The first-order valence-electron chi connectivity index (χ1n) is 11.5. The molecule has 2 heterocycles. The van der Waals surface area contributed by atoms with E-state index in [-0.39, 0.29) is 17.7 Å². The standard InChI is InChI=1S/C23H28N4O3.C2HF3O2/c1-15(28)10-6-4-9-13-19(26-23(29)21-16(2)27-30-17(21)3)22-24-14-20(25-22)18-11-7-5-8-12-18;3-2(4,5)1(6)7/h5,7-8,11-12,14,19H,4,6,9-10,13H2,1-3H3,(H,24,25)(H,26,29);(H,6,7)/t19-;/m0./s1. The molecule has 37 heavy (non-hydrogen) atoms. The number of halogens is 3. The van der Waals surface area contributed by atoms with Crippen molar-refractivity contribution < 1.29 is 37.2 Å². The SMILES string of the molecule is CC(=O)CCCCC[C@H](NC(=O)c1c(C)noc1C)c1ncc(-c2ccccc2)[nH]1.O=C(O)C(F)(F)F. The van der Waals surface area contributed by atoms with Gasteiger partial charge in [-0.3, -0.25) is 4.79 Å². The number of carbonyl (C=O) groups excluding carboxylic acids is 2. The Kier molecular flexibility index (Phi) is 10.6. The maximum Gasteiger partial charge on any atom is 0.490 e. The summed E-state index contributed by atoms with van der Waals surface area (Å²) in [6.07, 6.45) is 0.664. The quantitative estimate of drug-likeness (QED) is 0.306. The van der Waals surface area contributed by atoms with Crippen LogP contribution in [-0.2, 0) is 9.59 Å². The number of aromatic nitrogens is 3. The largest absolute Gasteiger partial charge is 0.490 e. The fourth-order valence-electron chi connectivity index (χ4n) is 3.49. The fraction of sp³-hybridized carbons (Fsp3) is 0.400. The van der Waals surface area contributed by atoms with E-state index in [1.165, 1.54) is 0 Å². The van der Waals surface area contributed by atoms with Gasteiger partial charge in [0.25, 0.3) is 5.91 Å². The first kappa shape index (κ1) is 29.3. The monoisotopic (exact) mass is 522 g/mol. The molecule has 1 atom stereocenters. The predicted octanol–water partition coefficient (Wildman–Crippen LogP) is 5.33. The van der Waals surface area contributed by atoms with Crippen LogP contribution >= 0.6 is 0 Å². The Morgan fingerprint density at radius 3 is 2.30 bits per heavy atom. The van der Waals surface area contributed by atoms with Gasteiger partial charge in [0.15, 0.2) is 0 Å². The second-order valence-corrected chi connectivity index (χ2v) is 8.38. The highest BCUT2D eigenvalue weighted by Gasteiger charge is 2.38. The van der Waals surface area contributed by atoms with Crippen molar-refractivity contribution in [1.82, 2.24) is 20.4 Å². The lowest BCUT2D eigenvalue weighted by atomic mass is 10.0. The number of nitrogens with one attached hydrogen (secondary N) is 2. The zero-order chi connectivity index (χ0) is 27.6. The second-order valence-electron chi connectivity index (χ2n) is 8.38. The minimum Gasteiger partial charge on any atom is -0.475 e. The number of ketones is 1. The lowest BCUT2D eigenvalue weighted by molar-refractivity contribution is -0.192. The highest BCUT2D eigenvalue weighted by molar-refractivity contribution is 5.96. The molecule has 0 aliphatic heterocycles. The third-order valence-electron chi connectivity index (χ3n) is 5.34. The molecule has 12 heteroatoms. The minimum atomic E-state index is -5.08. The molecule has 0 fully saturated rings. The van der Waals surface area contributed by atoms with Crippen LogP contribution in [0.3, 0.4) is 0 Å². The number of H-pyrrole nitrogens is 1. The van der Waals surface area contributed by atoms with Gasteiger partial charge in [-0.25, -0.2) is 9.78 Å². The number of aliphatic carboxylic acids is 1. The molecule has 3 aromatic rings. The minimum absolute atomic E-state index is 0.205. The molecule has 0 unspecified atom stereocenters. The number of hydrogen-bond donors (Lipinski definition) is 3. The lowest BCUT2D eigenvalue weighted by Crippen LogP contribution is -2.30. The van der Waals surface area contributed by atoms with Gasteiger partial charge >= 0.3 is 12.1 Å². The summed E-state index contributed by atoms with van der Waals surface area (Å²) in [7, 11) is 0. The molecule has 0 radical (unpaired) electrons. The van der Waals surface area contributed by atoms with E-state index in [1.54, 1.807) is 27.0 Å². The van der Waals surface area contributed by atoms with Gasteiger partial charge in [-0.05, 0) is 39.2 Å². The number of aryl methyl sites for hydroxylation is 2. The van der Waals surface area contributed by atoms with E-state index in [0.717, 1.165) is 36.9 Å².